The lowest BCUT2D eigenvalue weighted by Gasteiger charge is -2.37. The highest BCUT2D eigenvalue weighted by Crippen LogP contribution is 2.31. The summed E-state index contributed by atoms with van der Waals surface area (Å²) in [7, 11) is 0. The monoisotopic (exact) mass is 289 g/mol. The Morgan fingerprint density at radius 2 is 2.00 bits per heavy atom. The van der Waals surface area contributed by atoms with Crippen LogP contribution in [0.4, 0.5) is 0 Å². The van der Waals surface area contributed by atoms with Crippen molar-refractivity contribution in [1.82, 2.24) is 5.32 Å². The highest BCUT2D eigenvalue weighted by atomic mass is 16.5. The number of aryl methyl sites for hydroxylation is 2. The Hall–Kier alpha value is -1.02. The van der Waals surface area contributed by atoms with Crippen LogP contribution in [0.15, 0.2) is 18.2 Å². The van der Waals surface area contributed by atoms with Crippen molar-refractivity contribution in [2.24, 2.45) is 5.92 Å². The van der Waals surface area contributed by atoms with Gasteiger partial charge in [-0.25, -0.2) is 0 Å². The van der Waals surface area contributed by atoms with Crippen LogP contribution in [-0.4, -0.2) is 18.7 Å². The molecule has 3 atom stereocenters. The molecule has 0 spiro atoms. The molecule has 3 unspecified atom stereocenters. The molecule has 1 N–H and O–H groups in total. The second-order valence-corrected chi connectivity index (χ2v) is 6.57. The number of hydrogen-bond donors (Lipinski definition) is 1. The fraction of sp³-hybridized carbons (Fsp3) is 0.684. The quantitative estimate of drug-likeness (QED) is 0.824. The molecule has 0 bridgehead atoms. The van der Waals surface area contributed by atoms with Gasteiger partial charge in [0.25, 0.3) is 0 Å². The standard InChI is InChI=1S/C19H31NO/c1-5-11-20-17-10-9-16(6-2)13-19(17)21-18-12-14(3)7-8-15(18)4/h7-8,12,16-17,19-20H,5-6,9-11,13H2,1-4H3. The van der Waals surface area contributed by atoms with Crippen molar-refractivity contribution >= 4 is 0 Å². The lowest BCUT2D eigenvalue weighted by atomic mass is 9.82. The summed E-state index contributed by atoms with van der Waals surface area (Å²) in [5.74, 6) is 1.89. The van der Waals surface area contributed by atoms with E-state index >= 15 is 0 Å². The van der Waals surface area contributed by atoms with Crippen LogP contribution in [0, 0.1) is 19.8 Å². The lowest BCUT2D eigenvalue weighted by molar-refractivity contribution is 0.0843. The lowest BCUT2D eigenvalue weighted by Crippen LogP contribution is -2.47. The first-order valence-electron chi connectivity index (χ1n) is 8.61. The maximum atomic E-state index is 6.45. The number of nitrogens with one attached hydrogen (secondary N) is 1. The van der Waals surface area contributed by atoms with Crippen LogP contribution in [0.2, 0.25) is 0 Å². The van der Waals surface area contributed by atoms with Crippen LogP contribution in [-0.2, 0) is 0 Å². The van der Waals surface area contributed by atoms with Crippen LogP contribution in [0.3, 0.4) is 0 Å². The number of benzene rings is 1. The van der Waals surface area contributed by atoms with Crippen molar-refractivity contribution in [1.29, 1.82) is 0 Å². The average Bonchev–Trinajstić information content (AvgIpc) is 2.49. The summed E-state index contributed by atoms with van der Waals surface area (Å²) >= 11 is 0. The summed E-state index contributed by atoms with van der Waals surface area (Å²) in [5.41, 5.74) is 2.52. The van der Waals surface area contributed by atoms with E-state index in [1.807, 2.05) is 0 Å². The summed E-state index contributed by atoms with van der Waals surface area (Å²) in [6.45, 7) is 9.90. The Kier molecular flexibility index (Phi) is 6.10. The molecule has 0 saturated heterocycles. The molecule has 0 amide bonds. The van der Waals surface area contributed by atoms with Crippen molar-refractivity contribution in [3.8, 4) is 5.75 Å². The topological polar surface area (TPSA) is 21.3 Å². The van der Waals surface area contributed by atoms with Crippen LogP contribution >= 0.6 is 0 Å². The molecule has 0 aromatic heterocycles. The molecular weight excluding hydrogens is 258 g/mol. The van der Waals surface area contributed by atoms with Crippen LogP contribution in [0.5, 0.6) is 5.75 Å². The smallest absolute Gasteiger partial charge is 0.122 e. The first kappa shape index (κ1) is 16.4. The minimum Gasteiger partial charge on any atom is -0.489 e. The first-order valence-corrected chi connectivity index (χ1v) is 8.61. The van der Waals surface area contributed by atoms with E-state index in [1.165, 1.54) is 43.2 Å². The molecule has 1 fully saturated rings. The first-order chi connectivity index (χ1) is 10.1. The molecule has 1 saturated carbocycles. The molecule has 2 nitrogen and oxygen atoms in total. The van der Waals surface area contributed by atoms with Gasteiger partial charge in [0.2, 0.25) is 0 Å². The van der Waals surface area contributed by atoms with E-state index in [-0.39, 0.29) is 0 Å². The van der Waals surface area contributed by atoms with Gasteiger partial charge < -0.3 is 10.1 Å². The molecule has 21 heavy (non-hydrogen) atoms. The maximum absolute atomic E-state index is 6.45. The van der Waals surface area contributed by atoms with Gasteiger partial charge in [-0.15, -0.1) is 0 Å². The molecule has 1 aromatic rings. The molecule has 1 aromatic carbocycles. The van der Waals surface area contributed by atoms with Gasteiger partial charge in [-0.05, 0) is 69.2 Å². The molecule has 2 heteroatoms. The van der Waals surface area contributed by atoms with Crippen LogP contribution < -0.4 is 10.1 Å². The van der Waals surface area contributed by atoms with E-state index in [4.69, 9.17) is 4.74 Å². The summed E-state index contributed by atoms with van der Waals surface area (Å²) in [6.07, 6.45) is 6.54. The SMILES string of the molecule is CCCNC1CCC(CC)CC1Oc1cc(C)ccc1C. The van der Waals surface area contributed by atoms with E-state index in [9.17, 15) is 0 Å². The van der Waals surface area contributed by atoms with Crippen molar-refractivity contribution < 1.29 is 4.74 Å². The van der Waals surface area contributed by atoms with E-state index in [0.29, 0.717) is 12.1 Å². The summed E-state index contributed by atoms with van der Waals surface area (Å²) in [5, 5.41) is 3.70. The minimum atomic E-state index is 0.316. The average molecular weight is 289 g/mol. The van der Waals surface area contributed by atoms with Gasteiger partial charge in [-0.1, -0.05) is 32.4 Å². The van der Waals surface area contributed by atoms with Gasteiger partial charge in [0.15, 0.2) is 0 Å². The van der Waals surface area contributed by atoms with Crippen LogP contribution in [0.1, 0.15) is 57.1 Å². The Morgan fingerprint density at radius 3 is 2.71 bits per heavy atom. The van der Waals surface area contributed by atoms with Crippen molar-refractivity contribution in [2.75, 3.05) is 6.54 Å². The van der Waals surface area contributed by atoms with Gasteiger partial charge in [0.05, 0.1) is 0 Å². The second-order valence-electron chi connectivity index (χ2n) is 6.57. The van der Waals surface area contributed by atoms with Gasteiger partial charge in [0, 0.05) is 6.04 Å². The molecular formula is C19H31NO. The van der Waals surface area contributed by atoms with E-state index in [0.717, 1.165) is 18.2 Å². The molecule has 2 rings (SSSR count). The summed E-state index contributed by atoms with van der Waals surface area (Å²) in [6, 6.07) is 7.01. The Morgan fingerprint density at radius 1 is 1.19 bits per heavy atom. The van der Waals surface area contributed by atoms with Crippen molar-refractivity contribution in [3.63, 3.8) is 0 Å². The van der Waals surface area contributed by atoms with Gasteiger partial charge in [-0.3, -0.25) is 0 Å². The van der Waals surface area contributed by atoms with Gasteiger partial charge in [0.1, 0.15) is 11.9 Å². The largest absolute Gasteiger partial charge is 0.489 e. The summed E-state index contributed by atoms with van der Waals surface area (Å²) < 4.78 is 6.45. The molecule has 1 aliphatic carbocycles. The molecule has 118 valence electrons. The zero-order chi connectivity index (χ0) is 15.2. The van der Waals surface area contributed by atoms with E-state index in [1.54, 1.807) is 0 Å². The van der Waals surface area contributed by atoms with Gasteiger partial charge >= 0.3 is 0 Å². The maximum Gasteiger partial charge on any atom is 0.122 e. The molecule has 0 radical (unpaired) electrons. The number of hydrogen-bond acceptors (Lipinski definition) is 2. The number of ether oxygens (including phenoxy) is 1. The predicted octanol–water partition coefficient (Wildman–Crippen LogP) is 4.63. The Balaban J connectivity index is 2.09. The molecule has 0 aliphatic heterocycles. The Bertz CT molecular complexity index is 443. The number of rotatable bonds is 6. The molecule has 0 heterocycles. The van der Waals surface area contributed by atoms with Crippen molar-refractivity contribution in [2.45, 2.75) is 71.9 Å². The minimum absolute atomic E-state index is 0.316. The third kappa shape index (κ3) is 4.47. The zero-order valence-corrected chi connectivity index (χ0v) is 14.1. The van der Waals surface area contributed by atoms with Crippen LogP contribution in [0.25, 0.3) is 0 Å². The van der Waals surface area contributed by atoms with E-state index in [2.05, 4.69) is 51.2 Å². The van der Waals surface area contributed by atoms with Crippen molar-refractivity contribution in [3.05, 3.63) is 29.3 Å². The highest BCUT2D eigenvalue weighted by Gasteiger charge is 2.31. The third-order valence-electron chi connectivity index (χ3n) is 4.76. The predicted molar refractivity (Wildman–Crippen MR) is 90.0 cm³/mol. The highest BCUT2D eigenvalue weighted by molar-refractivity contribution is 5.36. The Labute approximate surface area is 130 Å². The third-order valence-corrected chi connectivity index (χ3v) is 4.76. The van der Waals surface area contributed by atoms with Gasteiger partial charge in [-0.2, -0.15) is 0 Å². The normalized spacial score (nSPS) is 25.8. The molecule has 1 aliphatic rings. The summed E-state index contributed by atoms with van der Waals surface area (Å²) in [4.78, 5) is 0. The fourth-order valence-corrected chi connectivity index (χ4v) is 3.27. The second kappa shape index (κ2) is 7.84. The fourth-order valence-electron chi connectivity index (χ4n) is 3.27. The zero-order valence-electron chi connectivity index (χ0n) is 14.1. The van der Waals surface area contributed by atoms with E-state index < -0.39 is 0 Å².